The number of nitrogens with zero attached hydrogens (tertiary/aromatic N) is 2. The molecule has 0 fully saturated rings. The molecule has 62 valence electrons. The average molecular weight is 165 g/mol. The Morgan fingerprint density at radius 3 is 3.25 bits per heavy atom. The Morgan fingerprint density at radius 1 is 1.67 bits per heavy atom. The van der Waals surface area contributed by atoms with Gasteiger partial charge in [-0.1, -0.05) is 0 Å². The number of anilines is 1. The molecule has 0 unspecified atom stereocenters. The van der Waals surface area contributed by atoms with Crippen LogP contribution in [0.15, 0.2) is 11.1 Å². The van der Waals surface area contributed by atoms with E-state index in [1.165, 1.54) is 6.33 Å². The lowest BCUT2D eigenvalue weighted by atomic mass is 10.3. The molecule has 1 aliphatic heterocycles. The van der Waals surface area contributed by atoms with Crippen molar-refractivity contribution in [3.05, 3.63) is 22.2 Å². The highest BCUT2D eigenvalue weighted by Crippen LogP contribution is 2.13. The average Bonchev–Trinajstić information content (AvgIpc) is 2.52. The highest BCUT2D eigenvalue weighted by Gasteiger charge is 2.15. The maximum atomic E-state index is 11.0. The molecule has 2 rings (SSSR count). The van der Waals surface area contributed by atoms with Crippen LogP contribution in [-0.4, -0.2) is 22.4 Å². The van der Waals surface area contributed by atoms with Gasteiger partial charge in [-0.2, -0.15) is 4.98 Å². The fraction of sp³-hybridized carbons (Fsp3) is 0.286. The second-order valence-corrected chi connectivity index (χ2v) is 2.55. The second kappa shape index (κ2) is 2.44. The normalized spacial score (nSPS) is 13.7. The predicted octanol–water partition coefficient (Wildman–Crippen LogP) is -0.519. The zero-order chi connectivity index (χ0) is 8.55. The third-order valence-corrected chi connectivity index (χ3v) is 1.85. The van der Waals surface area contributed by atoms with Crippen molar-refractivity contribution < 1.29 is 4.79 Å². The molecular weight excluding hydrogens is 158 g/mol. The Hall–Kier alpha value is -1.65. The lowest BCUT2D eigenvalue weighted by Gasteiger charge is -2.01. The van der Waals surface area contributed by atoms with Crippen LogP contribution in [0.3, 0.4) is 0 Å². The number of rotatable bonds is 1. The van der Waals surface area contributed by atoms with Gasteiger partial charge < -0.3 is 9.88 Å². The summed E-state index contributed by atoms with van der Waals surface area (Å²) in [5.41, 5.74) is -0.347. The minimum atomic E-state index is -0.467. The van der Waals surface area contributed by atoms with Crippen LogP contribution in [0, 0.1) is 0 Å². The second-order valence-electron chi connectivity index (χ2n) is 2.55. The molecule has 0 radical (unpaired) electrons. The first-order valence-electron chi connectivity index (χ1n) is 3.61. The van der Waals surface area contributed by atoms with Crippen molar-refractivity contribution in [1.29, 1.82) is 0 Å². The highest BCUT2D eigenvalue weighted by molar-refractivity contribution is 5.82. The zero-order valence-electron chi connectivity index (χ0n) is 6.28. The monoisotopic (exact) mass is 165 g/mol. The summed E-state index contributed by atoms with van der Waals surface area (Å²) >= 11 is 0. The zero-order valence-corrected chi connectivity index (χ0v) is 6.28. The summed E-state index contributed by atoms with van der Waals surface area (Å²) in [6, 6.07) is 0. The maximum Gasteiger partial charge on any atom is 0.285 e. The van der Waals surface area contributed by atoms with E-state index in [-0.39, 0.29) is 5.56 Å². The molecule has 0 aliphatic carbocycles. The van der Waals surface area contributed by atoms with Crippen LogP contribution in [-0.2, 0) is 6.54 Å². The van der Waals surface area contributed by atoms with Crippen molar-refractivity contribution in [3.63, 3.8) is 0 Å². The number of aldehydes is 1. The first-order valence-corrected chi connectivity index (χ1v) is 3.61. The number of nitrogens with one attached hydrogen (secondary N) is 1. The molecular formula is C7H7N3O2. The summed E-state index contributed by atoms with van der Waals surface area (Å²) in [5.74, 6) is 0.588. The Morgan fingerprint density at radius 2 is 2.50 bits per heavy atom. The molecule has 12 heavy (non-hydrogen) atoms. The van der Waals surface area contributed by atoms with E-state index in [2.05, 4.69) is 10.3 Å². The molecule has 0 aromatic carbocycles. The van der Waals surface area contributed by atoms with E-state index in [4.69, 9.17) is 0 Å². The Bertz CT molecular complexity index is 383. The lowest BCUT2D eigenvalue weighted by molar-refractivity contribution is 0.112. The van der Waals surface area contributed by atoms with Crippen LogP contribution in [0.4, 0.5) is 5.82 Å². The van der Waals surface area contributed by atoms with Crippen LogP contribution >= 0.6 is 0 Å². The SMILES string of the molecule is O=Cc1c2n(cnc1=O)CCN2. The number of hydrogen-bond donors (Lipinski definition) is 1. The Balaban J connectivity index is 2.73. The molecule has 5 nitrogen and oxygen atoms in total. The van der Waals surface area contributed by atoms with Gasteiger partial charge in [0.1, 0.15) is 17.7 Å². The molecule has 0 bridgehead atoms. The molecule has 5 heteroatoms. The molecule has 1 aromatic heterocycles. The molecule has 1 N–H and O–H groups in total. The van der Waals surface area contributed by atoms with E-state index in [0.29, 0.717) is 12.1 Å². The summed E-state index contributed by atoms with van der Waals surface area (Å²) in [6.07, 6.45) is 1.99. The summed E-state index contributed by atoms with van der Waals surface area (Å²) in [7, 11) is 0. The van der Waals surface area contributed by atoms with Gasteiger partial charge in [-0.3, -0.25) is 9.59 Å². The maximum absolute atomic E-state index is 11.0. The number of fused-ring (bicyclic) bond motifs is 1. The molecule has 1 aliphatic rings. The van der Waals surface area contributed by atoms with Crippen molar-refractivity contribution >= 4 is 12.1 Å². The number of hydrogen-bond acceptors (Lipinski definition) is 4. The van der Waals surface area contributed by atoms with Gasteiger partial charge in [0.2, 0.25) is 0 Å². The Kier molecular flexibility index (Phi) is 1.43. The van der Waals surface area contributed by atoms with Crippen LogP contribution in [0.2, 0.25) is 0 Å². The fourth-order valence-electron chi connectivity index (χ4n) is 1.27. The summed E-state index contributed by atoms with van der Waals surface area (Å²) < 4.78 is 1.76. The van der Waals surface area contributed by atoms with Gasteiger partial charge in [-0.15, -0.1) is 0 Å². The first kappa shape index (κ1) is 7.02. The van der Waals surface area contributed by atoms with Crippen LogP contribution in [0.5, 0.6) is 0 Å². The lowest BCUT2D eigenvalue weighted by Crippen LogP contribution is -2.16. The number of aromatic nitrogens is 2. The van der Waals surface area contributed by atoms with Crippen molar-refractivity contribution in [3.8, 4) is 0 Å². The number of carbonyl (C=O) groups is 1. The summed E-state index contributed by atoms with van der Waals surface area (Å²) in [5, 5.41) is 2.95. The molecule has 0 atom stereocenters. The van der Waals surface area contributed by atoms with Gasteiger partial charge in [-0.25, -0.2) is 0 Å². The third-order valence-electron chi connectivity index (χ3n) is 1.85. The van der Waals surface area contributed by atoms with Crippen LogP contribution < -0.4 is 10.9 Å². The fourth-order valence-corrected chi connectivity index (χ4v) is 1.27. The first-order chi connectivity index (χ1) is 5.83. The highest BCUT2D eigenvalue weighted by atomic mass is 16.1. The van der Waals surface area contributed by atoms with Crippen molar-refractivity contribution in [2.45, 2.75) is 6.54 Å². The van der Waals surface area contributed by atoms with Crippen molar-refractivity contribution in [1.82, 2.24) is 9.55 Å². The van der Waals surface area contributed by atoms with Crippen molar-refractivity contribution in [2.24, 2.45) is 0 Å². The van der Waals surface area contributed by atoms with E-state index in [1.54, 1.807) is 4.57 Å². The van der Waals surface area contributed by atoms with Gasteiger partial charge in [0.05, 0.1) is 0 Å². The smallest absolute Gasteiger partial charge is 0.285 e. The van der Waals surface area contributed by atoms with E-state index in [1.807, 2.05) is 0 Å². The summed E-state index contributed by atoms with van der Waals surface area (Å²) in [4.78, 5) is 25.1. The Labute approximate surface area is 68.0 Å². The van der Waals surface area contributed by atoms with Gasteiger partial charge in [-0.05, 0) is 0 Å². The van der Waals surface area contributed by atoms with Gasteiger partial charge in [0.15, 0.2) is 6.29 Å². The molecule has 0 saturated carbocycles. The van der Waals surface area contributed by atoms with Crippen molar-refractivity contribution in [2.75, 3.05) is 11.9 Å². The minimum Gasteiger partial charge on any atom is -0.369 e. The third kappa shape index (κ3) is 0.827. The largest absolute Gasteiger partial charge is 0.369 e. The molecule has 2 heterocycles. The predicted molar refractivity (Wildman–Crippen MR) is 42.4 cm³/mol. The topological polar surface area (TPSA) is 64.0 Å². The van der Waals surface area contributed by atoms with Gasteiger partial charge >= 0.3 is 0 Å². The standard InChI is InChI=1S/C7H7N3O2/c11-3-5-6-8-1-2-10(6)4-9-7(5)12/h3-4,8H,1-2H2. The van der Waals surface area contributed by atoms with E-state index < -0.39 is 5.56 Å². The van der Waals surface area contributed by atoms with Crippen LogP contribution in [0.25, 0.3) is 0 Å². The minimum absolute atomic E-state index is 0.120. The molecule has 0 amide bonds. The quantitative estimate of drug-likeness (QED) is 0.569. The van der Waals surface area contributed by atoms with E-state index in [0.717, 1.165) is 13.1 Å². The van der Waals surface area contributed by atoms with Gasteiger partial charge in [0.25, 0.3) is 5.56 Å². The van der Waals surface area contributed by atoms with E-state index in [9.17, 15) is 9.59 Å². The molecule has 0 saturated heterocycles. The molecule has 1 aromatic rings. The molecule has 0 spiro atoms. The van der Waals surface area contributed by atoms with E-state index >= 15 is 0 Å². The van der Waals surface area contributed by atoms with Gasteiger partial charge in [0, 0.05) is 13.1 Å². The van der Waals surface area contributed by atoms with Crippen LogP contribution in [0.1, 0.15) is 10.4 Å². The number of carbonyl (C=O) groups excluding carboxylic acids is 1. The summed E-state index contributed by atoms with van der Waals surface area (Å²) in [6.45, 7) is 1.50.